The summed E-state index contributed by atoms with van der Waals surface area (Å²) in [4.78, 5) is 0. The van der Waals surface area contributed by atoms with Gasteiger partial charge in [-0.15, -0.1) is 0 Å². The van der Waals surface area contributed by atoms with E-state index in [-0.39, 0.29) is 12.4 Å². The van der Waals surface area contributed by atoms with Crippen LogP contribution in [0.5, 0.6) is 0 Å². The third kappa shape index (κ3) is 1.73. The Morgan fingerprint density at radius 1 is 1.31 bits per heavy atom. The van der Waals surface area contributed by atoms with Crippen LogP contribution in [0.3, 0.4) is 0 Å². The fraction of sp³-hybridized carbons (Fsp3) is 1.00. The summed E-state index contributed by atoms with van der Waals surface area (Å²) in [7, 11) is 0. The molecule has 1 saturated carbocycles. The molecule has 1 aliphatic heterocycles. The lowest BCUT2D eigenvalue weighted by Gasteiger charge is -2.21. The fourth-order valence-electron chi connectivity index (χ4n) is 2.63. The highest BCUT2D eigenvalue weighted by atomic mass is 16.7. The first-order valence-corrected chi connectivity index (χ1v) is 5.14. The summed E-state index contributed by atoms with van der Waals surface area (Å²) in [6.07, 6.45) is 2.85. The predicted octanol–water partition coefficient (Wildman–Crippen LogP) is 1.16. The third-order valence-corrected chi connectivity index (χ3v) is 3.32. The van der Waals surface area contributed by atoms with Gasteiger partial charge in [-0.2, -0.15) is 0 Å². The van der Waals surface area contributed by atoms with E-state index in [4.69, 9.17) is 14.6 Å². The van der Waals surface area contributed by atoms with E-state index in [1.807, 2.05) is 0 Å². The first kappa shape index (κ1) is 9.44. The van der Waals surface area contributed by atoms with Gasteiger partial charge in [0.1, 0.15) is 0 Å². The Balaban J connectivity index is 1.97. The molecule has 76 valence electrons. The molecular formula is C10H18O3. The standard InChI is InChI=1S/C10H18O3/c1-8-6-10(12-4-5-13-10)7-9(8)2-3-11/h8-9,11H,2-7H2,1H3/t8-,9+/m0/s1. The second kappa shape index (κ2) is 3.56. The lowest BCUT2D eigenvalue weighted by molar-refractivity contribution is -0.154. The van der Waals surface area contributed by atoms with Gasteiger partial charge in [0.15, 0.2) is 5.79 Å². The molecular weight excluding hydrogens is 168 g/mol. The van der Waals surface area contributed by atoms with Gasteiger partial charge >= 0.3 is 0 Å². The molecule has 1 heterocycles. The fourth-order valence-corrected chi connectivity index (χ4v) is 2.63. The molecule has 2 rings (SSSR count). The monoisotopic (exact) mass is 186 g/mol. The molecule has 0 aromatic carbocycles. The van der Waals surface area contributed by atoms with Crippen LogP contribution in [-0.2, 0) is 9.47 Å². The van der Waals surface area contributed by atoms with Crippen LogP contribution in [0.15, 0.2) is 0 Å². The van der Waals surface area contributed by atoms with Crippen LogP contribution >= 0.6 is 0 Å². The highest BCUT2D eigenvalue weighted by Gasteiger charge is 2.47. The van der Waals surface area contributed by atoms with E-state index >= 15 is 0 Å². The minimum absolute atomic E-state index is 0.279. The molecule has 1 N–H and O–H groups in total. The molecule has 0 aromatic heterocycles. The Bertz CT molecular complexity index is 175. The molecule has 0 aromatic rings. The van der Waals surface area contributed by atoms with Crippen LogP contribution < -0.4 is 0 Å². The number of aliphatic hydroxyl groups is 1. The van der Waals surface area contributed by atoms with Crippen molar-refractivity contribution in [1.82, 2.24) is 0 Å². The van der Waals surface area contributed by atoms with E-state index in [2.05, 4.69) is 6.92 Å². The first-order valence-electron chi connectivity index (χ1n) is 5.14. The van der Waals surface area contributed by atoms with E-state index in [0.29, 0.717) is 11.8 Å². The predicted molar refractivity (Wildman–Crippen MR) is 48.2 cm³/mol. The zero-order valence-corrected chi connectivity index (χ0v) is 8.16. The molecule has 1 aliphatic carbocycles. The van der Waals surface area contributed by atoms with Gasteiger partial charge in [0.2, 0.25) is 0 Å². The molecule has 2 fully saturated rings. The van der Waals surface area contributed by atoms with E-state index in [1.54, 1.807) is 0 Å². The molecule has 3 nitrogen and oxygen atoms in total. The van der Waals surface area contributed by atoms with E-state index in [9.17, 15) is 0 Å². The number of ether oxygens (including phenoxy) is 2. The van der Waals surface area contributed by atoms with Crippen LogP contribution in [0.1, 0.15) is 26.2 Å². The minimum Gasteiger partial charge on any atom is -0.396 e. The maximum absolute atomic E-state index is 8.89. The van der Waals surface area contributed by atoms with Crippen molar-refractivity contribution >= 4 is 0 Å². The maximum atomic E-state index is 8.89. The zero-order valence-electron chi connectivity index (χ0n) is 8.16. The molecule has 0 bridgehead atoms. The van der Waals surface area contributed by atoms with Gasteiger partial charge in [-0.25, -0.2) is 0 Å². The molecule has 3 heteroatoms. The SMILES string of the molecule is C[C@H]1CC2(C[C@H]1CCO)OCCO2. The second-order valence-corrected chi connectivity index (χ2v) is 4.27. The molecule has 2 atom stereocenters. The Labute approximate surface area is 79.0 Å². The first-order chi connectivity index (χ1) is 6.26. The van der Waals surface area contributed by atoms with Gasteiger partial charge in [0, 0.05) is 19.4 Å². The van der Waals surface area contributed by atoms with Crippen LogP contribution in [0.4, 0.5) is 0 Å². The normalized spacial score (nSPS) is 37.4. The summed E-state index contributed by atoms with van der Waals surface area (Å²) in [5.74, 6) is 0.910. The van der Waals surface area contributed by atoms with Crippen LogP contribution in [-0.4, -0.2) is 30.7 Å². The Kier molecular flexibility index (Phi) is 2.58. The Hall–Kier alpha value is -0.120. The van der Waals surface area contributed by atoms with Gasteiger partial charge in [-0.3, -0.25) is 0 Å². The van der Waals surface area contributed by atoms with E-state index < -0.39 is 0 Å². The summed E-state index contributed by atoms with van der Waals surface area (Å²) in [5.41, 5.74) is 0. The summed E-state index contributed by atoms with van der Waals surface area (Å²) in [5, 5.41) is 8.89. The highest BCUT2D eigenvalue weighted by Crippen LogP contribution is 2.45. The van der Waals surface area contributed by atoms with Gasteiger partial charge in [-0.1, -0.05) is 6.92 Å². The largest absolute Gasteiger partial charge is 0.396 e. The summed E-state index contributed by atoms with van der Waals surface area (Å²) in [6.45, 7) is 3.97. The van der Waals surface area contributed by atoms with Gasteiger partial charge in [-0.05, 0) is 18.3 Å². The minimum atomic E-state index is -0.279. The average Bonchev–Trinajstić information content (AvgIpc) is 2.63. The summed E-state index contributed by atoms with van der Waals surface area (Å²) >= 11 is 0. The zero-order chi connectivity index (χ0) is 9.31. The molecule has 2 aliphatic rings. The average molecular weight is 186 g/mol. The molecule has 0 unspecified atom stereocenters. The van der Waals surface area contributed by atoms with Crippen LogP contribution in [0, 0.1) is 11.8 Å². The van der Waals surface area contributed by atoms with Crippen molar-refractivity contribution in [3.05, 3.63) is 0 Å². The van der Waals surface area contributed by atoms with Gasteiger partial charge < -0.3 is 14.6 Å². The van der Waals surface area contributed by atoms with Crippen LogP contribution in [0.25, 0.3) is 0 Å². The van der Waals surface area contributed by atoms with Crippen molar-refractivity contribution in [3.63, 3.8) is 0 Å². The van der Waals surface area contributed by atoms with Gasteiger partial charge in [0.05, 0.1) is 13.2 Å². The van der Waals surface area contributed by atoms with Crippen molar-refractivity contribution in [1.29, 1.82) is 0 Å². The number of hydrogen-bond donors (Lipinski definition) is 1. The quantitative estimate of drug-likeness (QED) is 0.703. The van der Waals surface area contributed by atoms with Gasteiger partial charge in [0.25, 0.3) is 0 Å². The second-order valence-electron chi connectivity index (χ2n) is 4.27. The van der Waals surface area contributed by atoms with Crippen molar-refractivity contribution in [3.8, 4) is 0 Å². The number of hydrogen-bond acceptors (Lipinski definition) is 3. The van der Waals surface area contributed by atoms with Crippen molar-refractivity contribution in [2.24, 2.45) is 11.8 Å². The van der Waals surface area contributed by atoms with Crippen molar-refractivity contribution in [2.75, 3.05) is 19.8 Å². The maximum Gasteiger partial charge on any atom is 0.169 e. The lowest BCUT2D eigenvalue weighted by atomic mass is 9.95. The Morgan fingerprint density at radius 3 is 2.62 bits per heavy atom. The summed E-state index contributed by atoms with van der Waals surface area (Å²) in [6, 6.07) is 0. The highest BCUT2D eigenvalue weighted by molar-refractivity contribution is 4.89. The molecule has 0 radical (unpaired) electrons. The summed E-state index contributed by atoms with van der Waals surface area (Å²) < 4.78 is 11.3. The lowest BCUT2D eigenvalue weighted by Crippen LogP contribution is -2.26. The van der Waals surface area contributed by atoms with E-state index in [0.717, 1.165) is 32.5 Å². The molecule has 13 heavy (non-hydrogen) atoms. The molecule has 1 spiro atoms. The topological polar surface area (TPSA) is 38.7 Å². The smallest absolute Gasteiger partial charge is 0.169 e. The molecule has 1 saturated heterocycles. The third-order valence-electron chi connectivity index (χ3n) is 3.32. The molecule has 0 amide bonds. The Morgan fingerprint density at radius 2 is 2.00 bits per heavy atom. The van der Waals surface area contributed by atoms with Crippen molar-refractivity contribution < 1.29 is 14.6 Å². The van der Waals surface area contributed by atoms with Crippen LogP contribution in [0.2, 0.25) is 0 Å². The number of rotatable bonds is 2. The number of aliphatic hydroxyl groups excluding tert-OH is 1. The van der Waals surface area contributed by atoms with Crippen molar-refractivity contribution in [2.45, 2.75) is 32.0 Å². The van der Waals surface area contributed by atoms with E-state index in [1.165, 1.54) is 0 Å².